The van der Waals surface area contributed by atoms with Crippen molar-refractivity contribution < 1.29 is 14.7 Å². The van der Waals surface area contributed by atoms with Gasteiger partial charge in [0.25, 0.3) is 0 Å². The maximum absolute atomic E-state index is 10.7. The number of aryl methyl sites for hydroxylation is 1. The number of aliphatic carboxylic acids is 1. The van der Waals surface area contributed by atoms with Crippen LogP contribution in [0, 0.1) is 6.92 Å². The quantitative estimate of drug-likeness (QED) is 0.714. The molecule has 0 aliphatic rings. The van der Waals surface area contributed by atoms with E-state index in [9.17, 15) is 9.59 Å². The van der Waals surface area contributed by atoms with Crippen LogP contribution in [0.25, 0.3) is 0 Å². The van der Waals surface area contributed by atoms with Gasteiger partial charge in [-0.25, -0.2) is 0 Å². The van der Waals surface area contributed by atoms with Crippen LogP contribution < -0.4 is 5.73 Å². The molecule has 0 aromatic heterocycles. The zero-order valence-corrected chi connectivity index (χ0v) is 8.43. The van der Waals surface area contributed by atoms with Gasteiger partial charge in [-0.05, 0) is 25.0 Å². The molecule has 1 atom stereocenters. The molecule has 1 rings (SSSR count). The van der Waals surface area contributed by atoms with Crippen LogP contribution in [0.1, 0.15) is 21.5 Å². The second kappa shape index (κ2) is 4.70. The Labute approximate surface area is 87.7 Å². The molecular weight excluding hydrogens is 194 g/mol. The second-order valence-electron chi connectivity index (χ2n) is 3.47. The summed E-state index contributed by atoms with van der Waals surface area (Å²) in [6, 6.07) is 4.32. The molecule has 0 bridgehead atoms. The highest BCUT2D eigenvalue weighted by Gasteiger charge is 2.14. The highest BCUT2D eigenvalue weighted by atomic mass is 16.4. The van der Waals surface area contributed by atoms with Crippen molar-refractivity contribution in [2.75, 3.05) is 0 Å². The van der Waals surface area contributed by atoms with Crippen LogP contribution in [0.3, 0.4) is 0 Å². The van der Waals surface area contributed by atoms with E-state index in [1.165, 1.54) is 0 Å². The fourth-order valence-electron chi connectivity index (χ4n) is 1.33. The smallest absolute Gasteiger partial charge is 0.320 e. The summed E-state index contributed by atoms with van der Waals surface area (Å²) in [5.74, 6) is -1.06. The zero-order chi connectivity index (χ0) is 11.4. The normalized spacial score (nSPS) is 12.1. The topological polar surface area (TPSA) is 80.4 Å². The van der Waals surface area contributed by atoms with E-state index in [1.807, 2.05) is 13.0 Å². The molecule has 0 saturated carbocycles. The SMILES string of the molecule is Cc1ccc(CC(N)C(=O)O)c(C=O)c1. The van der Waals surface area contributed by atoms with E-state index in [0.717, 1.165) is 11.8 Å². The molecule has 0 saturated heterocycles. The van der Waals surface area contributed by atoms with Gasteiger partial charge in [0.1, 0.15) is 12.3 Å². The van der Waals surface area contributed by atoms with E-state index in [2.05, 4.69) is 0 Å². The van der Waals surface area contributed by atoms with E-state index < -0.39 is 12.0 Å². The molecule has 0 spiro atoms. The Hall–Kier alpha value is -1.68. The van der Waals surface area contributed by atoms with Crippen molar-refractivity contribution in [2.24, 2.45) is 5.73 Å². The van der Waals surface area contributed by atoms with Gasteiger partial charge in [-0.2, -0.15) is 0 Å². The first-order chi connectivity index (χ1) is 7.04. The third-order valence-electron chi connectivity index (χ3n) is 2.19. The van der Waals surface area contributed by atoms with Crippen LogP contribution in [-0.4, -0.2) is 23.4 Å². The number of carbonyl (C=O) groups is 2. The van der Waals surface area contributed by atoms with Crippen molar-refractivity contribution in [2.45, 2.75) is 19.4 Å². The highest BCUT2D eigenvalue weighted by Crippen LogP contribution is 2.11. The summed E-state index contributed by atoms with van der Waals surface area (Å²) in [4.78, 5) is 21.3. The first kappa shape index (κ1) is 11.4. The Morgan fingerprint density at radius 1 is 1.60 bits per heavy atom. The molecule has 3 N–H and O–H groups in total. The summed E-state index contributed by atoms with van der Waals surface area (Å²) in [5.41, 5.74) is 7.54. The van der Waals surface area contributed by atoms with Gasteiger partial charge in [0.15, 0.2) is 0 Å². The fraction of sp³-hybridized carbons (Fsp3) is 0.273. The molecule has 1 unspecified atom stereocenters. The molecule has 4 nitrogen and oxygen atoms in total. The minimum atomic E-state index is -1.06. The number of benzene rings is 1. The second-order valence-corrected chi connectivity index (χ2v) is 3.47. The molecule has 4 heteroatoms. The summed E-state index contributed by atoms with van der Waals surface area (Å²) in [7, 11) is 0. The van der Waals surface area contributed by atoms with Gasteiger partial charge < -0.3 is 10.8 Å². The third-order valence-corrected chi connectivity index (χ3v) is 2.19. The standard InChI is InChI=1S/C11H13NO3/c1-7-2-3-8(9(4-7)6-13)5-10(12)11(14)15/h2-4,6,10H,5,12H2,1H3,(H,14,15). The van der Waals surface area contributed by atoms with E-state index in [4.69, 9.17) is 10.8 Å². The van der Waals surface area contributed by atoms with Gasteiger partial charge in [0.05, 0.1) is 0 Å². The van der Waals surface area contributed by atoms with E-state index >= 15 is 0 Å². The first-order valence-corrected chi connectivity index (χ1v) is 4.57. The number of hydrogen-bond donors (Lipinski definition) is 2. The van der Waals surface area contributed by atoms with Gasteiger partial charge in [0.2, 0.25) is 0 Å². The zero-order valence-electron chi connectivity index (χ0n) is 8.43. The molecule has 0 radical (unpaired) electrons. The van der Waals surface area contributed by atoms with Crippen molar-refractivity contribution >= 4 is 12.3 Å². The van der Waals surface area contributed by atoms with Crippen LogP contribution >= 0.6 is 0 Å². The molecule has 1 aromatic rings. The van der Waals surface area contributed by atoms with Crippen LogP contribution in [0.4, 0.5) is 0 Å². The number of aldehydes is 1. The maximum atomic E-state index is 10.7. The molecule has 0 heterocycles. The first-order valence-electron chi connectivity index (χ1n) is 4.57. The largest absolute Gasteiger partial charge is 0.480 e. The number of carboxylic acid groups (broad SMARTS) is 1. The average molecular weight is 207 g/mol. The number of carboxylic acids is 1. The van der Waals surface area contributed by atoms with Crippen molar-refractivity contribution in [3.8, 4) is 0 Å². The minimum absolute atomic E-state index is 0.170. The Morgan fingerprint density at radius 3 is 2.80 bits per heavy atom. The Bertz CT molecular complexity index is 387. The lowest BCUT2D eigenvalue weighted by Crippen LogP contribution is -2.32. The predicted molar refractivity (Wildman–Crippen MR) is 55.9 cm³/mol. The molecule has 0 amide bonds. The minimum Gasteiger partial charge on any atom is -0.480 e. The van der Waals surface area contributed by atoms with Crippen molar-refractivity contribution in [1.82, 2.24) is 0 Å². The van der Waals surface area contributed by atoms with Gasteiger partial charge in [-0.3, -0.25) is 9.59 Å². The summed E-state index contributed by atoms with van der Waals surface area (Å²) < 4.78 is 0. The van der Waals surface area contributed by atoms with Crippen LogP contribution in [0.2, 0.25) is 0 Å². The van der Waals surface area contributed by atoms with Gasteiger partial charge in [-0.1, -0.05) is 17.7 Å². The summed E-state index contributed by atoms with van der Waals surface area (Å²) in [6.45, 7) is 1.87. The van der Waals surface area contributed by atoms with Crippen molar-refractivity contribution in [3.05, 3.63) is 34.9 Å². The molecule has 80 valence electrons. The summed E-state index contributed by atoms with van der Waals surface area (Å²) >= 11 is 0. The van der Waals surface area contributed by atoms with Crippen LogP contribution in [-0.2, 0) is 11.2 Å². The van der Waals surface area contributed by atoms with Gasteiger partial charge >= 0.3 is 5.97 Å². The lowest BCUT2D eigenvalue weighted by Gasteiger charge is -2.09. The fourth-order valence-corrected chi connectivity index (χ4v) is 1.33. The van der Waals surface area contributed by atoms with E-state index in [-0.39, 0.29) is 6.42 Å². The van der Waals surface area contributed by atoms with Crippen molar-refractivity contribution in [1.29, 1.82) is 0 Å². The number of carbonyl (C=O) groups excluding carboxylic acids is 1. The molecule has 0 fully saturated rings. The predicted octanol–water partition coefficient (Wildman–Crippen LogP) is 0.762. The average Bonchev–Trinajstić information content (AvgIpc) is 2.20. The van der Waals surface area contributed by atoms with Gasteiger partial charge in [-0.15, -0.1) is 0 Å². The molecule has 15 heavy (non-hydrogen) atoms. The molecule has 0 aliphatic carbocycles. The Balaban J connectivity index is 2.94. The lowest BCUT2D eigenvalue weighted by molar-refractivity contribution is -0.138. The summed E-state index contributed by atoms with van der Waals surface area (Å²) in [6.07, 6.45) is 0.889. The summed E-state index contributed by atoms with van der Waals surface area (Å²) in [5, 5.41) is 8.65. The third kappa shape index (κ3) is 2.89. The van der Waals surface area contributed by atoms with Crippen molar-refractivity contribution in [3.63, 3.8) is 0 Å². The maximum Gasteiger partial charge on any atom is 0.320 e. The number of hydrogen-bond acceptors (Lipinski definition) is 3. The lowest BCUT2D eigenvalue weighted by atomic mass is 9.99. The van der Waals surface area contributed by atoms with E-state index in [1.54, 1.807) is 12.1 Å². The van der Waals surface area contributed by atoms with Crippen LogP contribution in [0.15, 0.2) is 18.2 Å². The number of rotatable bonds is 4. The Kier molecular flexibility index (Phi) is 3.57. The molecular formula is C11H13NO3. The van der Waals surface area contributed by atoms with Crippen LogP contribution in [0.5, 0.6) is 0 Å². The van der Waals surface area contributed by atoms with Gasteiger partial charge in [0, 0.05) is 5.56 Å². The number of nitrogens with two attached hydrogens (primary N) is 1. The Morgan fingerprint density at radius 2 is 2.27 bits per heavy atom. The highest BCUT2D eigenvalue weighted by molar-refractivity contribution is 5.79. The monoisotopic (exact) mass is 207 g/mol. The van der Waals surface area contributed by atoms with E-state index in [0.29, 0.717) is 11.1 Å². The molecule has 0 aliphatic heterocycles. The molecule has 1 aromatic carbocycles.